The van der Waals surface area contributed by atoms with Gasteiger partial charge in [0.05, 0.1) is 12.7 Å². The van der Waals surface area contributed by atoms with Gasteiger partial charge in [-0.25, -0.2) is 9.37 Å². The van der Waals surface area contributed by atoms with Gasteiger partial charge in [-0.1, -0.05) is 0 Å². The maximum atomic E-state index is 13.5. The lowest BCUT2D eigenvalue weighted by molar-refractivity contribution is -0.116. The lowest BCUT2D eigenvalue weighted by atomic mass is 9.73. The van der Waals surface area contributed by atoms with Gasteiger partial charge in [0.25, 0.3) is 0 Å². The van der Waals surface area contributed by atoms with Gasteiger partial charge in [0.1, 0.15) is 0 Å². The van der Waals surface area contributed by atoms with Crippen LogP contribution in [-0.4, -0.2) is 37.4 Å². The van der Waals surface area contributed by atoms with Gasteiger partial charge in [-0.05, 0) is 37.9 Å². The lowest BCUT2D eigenvalue weighted by Crippen LogP contribution is -2.56. The molecule has 19 heavy (non-hydrogen) atoms. The summed E-state index contributed by atoms with van der Waals surface area (Å²) >= 11 is 0. The summed E-state index contributed by atoms with van der Waals surface area (Å²) in [5, 5.41) is 3.40. The number of rotatable bonds is 3. The zero-order chi connectivity index (χ0) is 13.1. The molecule has 4 nitrogen and oxygen atoms in total. The summed E-state index contributed by atoms with van der Waals surface area (Å²) in [6, 6.07) is 2.93. The fourth-order valence-corrected chi connectivity index (χ4v) is 3.06. The fraction of sp³-hybridized carbons (Fsp3) is 0.643. The molecule has 2 atom stereocenters. The largest absolute Gasteiger partial charge is 0.475 e. The number of hydrogen-bond acceptors (Lipinski definition) is 4. The molecule has 3 rings (SSSR count). The van der Waals surface area contributed by atoms with Crippen molar-refractivity contribution >= 4 is 0 Å². The highest BCUT2D eigenvalue weighted by Crippen LogP contribution is 2.38. The molecule has 0 aliphatic carbocycles. The Morgan fingerprint density at radius 3 is 3.42 bits per heavy atom. The Morgan fingerprint density at radius 2 is 2.53 bits per heavy atom. The smallest absolute Gasteiger partial charge is 0.250 e. The van der Waals surface area contributed by atoms with Crippen molar-refractivity contribution in [3.8, 4) is 5.88 Å². The van der Waals surface area contributed by atoms with Crippen LogP contribution in [-0.2, 0) is 4.74 Å². The van der Waals surface area contributed by atoms with Gasteiger partial charge in [-0.3, -0.25) is 0 Å². The Balaban J connectivity index is 1.71. The van der Waals surface area contributed by atoms with Crippen molar-refractivity contribution in [2.45, 2.75) is 25.4 Å². The maximum Gasteiger partial charge on any atom is 0.250 e. The van der Waals surface area contributed by atoms with Crippen molar-refractivity contribution < 1.29 is 13.9 Å². The van der Waals surface area contributed by atoms with Crippen molar-refractivity contribution in [3.05, 3.63) is 24.1 Å². The molecule has 104 valence electrons. The minimum absolute atomic E-state index is 0.0412. The third kappa shape index (κ3) is 2.58. The lowest BCUT2D eigenvalue weighted by Gasteiger charge is -2.46. The Labute approximate surface area is 112 Å². The minimum Gasteiger partial charge on any atom is -0.475 e. The van der Waals surface area contributed by atoms with Gasteiger partial charge >= 0.3 is 0 Å². The predicted octanol–water partition coefficient (Wildman–Crippen LogP) is 1.76. The first-order chi connectivity index (χ1) is 9.30. The standard InChI is InChI=1S/C14H19FN2O2/c15-11-3-1-6-17-13(11)19-10-14-5-2-8-18-12(14)4-7-16-9-14/h1,3,6,12,16H,2,4-5,7-10H2/t12-,14-/m1/s1. The number of halogens is 1. The molecule has 2 saturated heterocycles. The first kappa shape index (κ1) is 12.8. The highest BCUT2D eigenvalue weighted by molar-refractivity contribution is 5.13. The summed E-state index contributed by atoms with van der Waals surface area (Å²) in [7, 11) is 0. The minimum atomic E-state index is -0.407. The van der Waals surface area contributed by atoms with Crippen molar-refractivity contribution in [2.75, 3.05) is 26.3 Å². The fourth-order valence-electron chi connectivity index (χ4n) is 3.06. The van der Waals surface area contributed by atoms with Crippen LogP contribution in [0.3, 0.4) is 0 Å². The third-order valence-electron chi connectivity index (χ3n) is 4.10. The normalized spacial score (nSPS) is 30.7. The van der Waals surface area contributed by atoms with Crippen LogP contribution in [0, 0.1) is 11.2 Å². The highest BCUT2D eigenvalue weighted by atomic mass is 19.1. The molecule has 5 heteroatoms. The van der Waals surface area contributed by atoms with Crippen LogP contribution >= 0.6 is 0 Å². The number of piperidine rings is 1. The van der Waals surface area contributed by atoms with Crippen molar-refractivity contribution in [1.29, 1.82) is 0 Å². The number of nitrogens with zero attached hydrogens (tertiary/aromatic N) is 1. The summed E-state index contributed by atoms with van der Waals surface area (Å²) in [4.78, 5) is 3.94. The van der Waals surface area contributed by atoms with E-state index in [0.717, 1.165) is 39.0 Å². The summed E-state index contributed by atoms with van der Waals surface area (Å²) in [5.74, 6) is -0.317. The van der Waals surface area contributed by atoms with E-state index in [1.54, 1.807) is 12.3 Å². The Kier molecular flexibility index (Phi) is 3.66. The molecule has 2 aliphatic heterocycles. The van der Waals surface area contributed by atoms with Crippen molar-refractivity contribution in [2.24, 2.45) is 5.41 Å². The Hall–Kier alpha value is -1.20. The second kappa shape index (κ2) is 5.43. The predicted molar refractivity (Wildman–Crippen MR) is 68.6 cm³/mol. The summed E-state index contributed by atoms with van der Waals surface area (Å²) < 4.78 is 25.0. The monoisotopic (exact) mass is 266 g/mol. The van der Waals surface area contributed by atoms with Crippen molar-refractivity contribution in [3.63, 3.8) is 0 Å². The van der Waals surface area contributed by atoms with Gasteiger partial charge in [0.2, 0.25) is 5.88 Å². The molecule has 3 heterocycles. The number of pyridine rings is 1. The van der Waals surface area contributed by atoms with Crippen LogP contribution in [0.1, 0.15) is 19.3 Å². The molecule has 1 aromatic rings. The molecule has 0 amide bonds. The van der Waals surface area contributed by atoms with E-state index in [1.807, 2.05) is 0 Å². The average Bonchev–Trinajstić information content (AvgIpc) is 2.46. The zero-order valence-electron chi connectivity index (χ0n) is 10.9. The number of aromatic nitrogens is 1. The number of fused-ring (bicyclic) bond motifs is 1. The number of ether oxygens (including phenoxy) is 2. The van der Waals surface area contributed by atoms with E-state index in [-0.39, 0.29) is 17.4 Å². The molecular formula is C14H19FN2O2. The van der Waals surface area contributed by atoms with E-state index in [1.165, 1.54) is 6.07 Å². The van der Waals surface area contributed by atoms with Gasteiger partial charge in [0, 0.05) is 24.8 Å². The van der Waals surface area contributed by atoms with E-state index >= 15 is 0 Å². The molecule has 2 aliphatic rings. The average molecular weight is 266 g/mol. The van der Waals surface area contributed by atoms with E-state index in [4.69, 9.17) is 9.47 Å². The first-order valence-corrected chi connectivity index (χ1v) is 6.86. The van der Waals surface area contributed by atoms with Gasteiger partial charge in [-0.15, -0.1) is 0 Å². The van der Waals surface area contributed by atoms with Gasteiger partial charge < -0.3 is 14.8 Å². The molecule has 0 saturated carbocycles. The summed E-state index contributed by atoms with van der Waals surface area (Å²) in [6.45, 7) is 3.12. The number of nitrogens with one attached hydrogen (secondary N) is 1. The second-order valence-electron chi connectivity index (χ2n) is 5.37. The molecule has 1 aromatic heterocycles. The van der Waals surface area contributed by atoms with Crippen LogP contribution in [0.25, 0.3) is 0 Å². The molecule has 0 radical (unpaired) electrons. The molecule has 0 unspecified atom stereocenters. The SMILES string of the molecule is Fc1cccnc1OC[C@]12CCCO[C@@H]1CCNC2. The number of hydrogen-bond donors (Lipinski definition) is 1. The van der Waals surface area contributed by atoms with Gasteiger partial charge in [0.15, 0.2) is 5.82 Å². The van der Waals surface area contributed by atoms with Crippen LogP contribution in [0.2, 0.25) is 0 Å². The second-order valence-corrected chi connectivity index (χ2v) is 5.37. The van der Waals surface area contributed by atoms with E-state index in [9.17, 15) is 4.39 Å². The summed E-state index contributed by atoms with van der Waals surface area (Å²) in [6.07, 6.45) is 4.85. The van der Waals surface area contributed by atoms with Crippen molar-refractivity contribution in [1.82, 2.24) is 10.3 Å². The van der Waals surface area contributed by atoms with Crippen LogP contribution in [0.4, 0.5) is 4.39 Å². The third-order valence-corrected chi connectivity index (χ3v) is 4.10. The molecule has 0 bridgehead atoms. The Bertz CT molecular complexity index is 429. The first-order valence-electron chi connectivity index (χ1n) is 6.86. The van der Waals surface area contributed by atoms with E-state index in [0.29, 0.717) is 6.61 Å². The molecular weight excluding hydrogens is 247 g/mol. The maximum absolute atomic E-state index is 13.5. The topological polar surface area (TPSA) is 43.4 Å². The Morgan fingerprint density at radius 1 is 1.58 bits per heavy atom. The van der Waals surface area contributed by atoms with E-state index < -0.39 is 5.82 Å². The molecule has 0 spiro atoms. The van der Waals surface area contributed by atoms with E-state index in [2.05, 4.69) is 10.3 Å². The summed E-state index contributed by atoms with van der Waals surface area (Å²) in [5.41, 5.74) is -0.0412. The van der Waals surface area contributed by atoms with Crippen LogP contribution < -0.4 is 10.1 Å². The molecule has 2 fully saturated rings. The van der Waals surface area contributed by atoms with Crippen LogP contribution in [0.15, 0.2) is 18.3 Å². The zero-order valence-corrected chi connectivity index (χ0v) is 10.9. The van der Waals surface area contributed by atoms with Crippen LogP contribution in [0.5, 0.6) is 5.88 Å². The molecule has 1 N–H and O–H groups in total. The quantitative estimate of drug-likeness (QED) is 0.905. The van der Waals surface area contributed by atoms with Gasteiger partial charge in [-0.2, -0.15) is 0 Å². The highest BCUT2D eigenvalue weighted by Gasteiger charge is 2.44. The molecule has 0 aromatic carbocycles.